The molecule has 0 unspecified atom stereocenters. The van der Waals surface area contributed by atoms with Gasteiger partial charge in [-0.25, -0.2) is 4.39 Å². The molecule has 1 aromatic carbocycles. The van der Waals surface area contributed by atoms with E-state index < -0.39 is 0 Å². The molecule has 0 amide bonds. The van der Waals surface area contributed by atoms with Crippen LogP contribution in [0.4, 0.5) is 4.39 Å². The first kappa shape index (κ1) is 11.0. The average Bonchev–Trinajstić information content (AvgIpc) is 2.14. The summed E-state index contributed by atoms with van der Waals surface area (Å²) in [4.78, 5) is 0. The molecule has 0 spiro atoms. The van der Waals surface area contributed by atoms with E-state index in [1.54, 1.807) is 19.1 Å². The maximum Gasteiger partial charge on any atom is 0.131 e. The SMILES string of the molecule is CCCOc1ccc([C@H](C)N)c(F)c1. The van der Waals surface area contributed by atoms with E-state index in [2.05, 4.69) is 0 Å². The Morgan fingerprint density at radius 2 is 2.21 bits per heavy atom. The fourth-order valence-corrected chi connectivity index (χ4v) is 1.19. The highest BCUT2D eigenvalue weighted by Gasteiger charge is 2.07. The van der Waals surface area contributed by atoms with Crippen molar-refractivity contribution in [2.24, 2.45) is 5.73 Å². The molecule has 1 rings (SSSR count). The van der Waals surface area contributed by atoms with Crippen molar-refractivity contribution < 1.29 is 9.13 Å². The van der Waals surface area contributed by atoms with Gasteiger partial charge in [-0.1, -0.05) is 13.0 Å². The van der Waals surface area contributed by atoms with Gasteiger partial charge in [0.1, 0.15) is 11.6 Å². The summed E-state index contributed by atoms with van der Waals surface area (Å²) in [5, 5.41) is 0. The summed E-state index contributed by atoms with van der Waals surface area (Å²) in [5.41, 5.74) is 6.11. The molecule has 1 aromatic rings. The van der Waals surface area contributed by atoms with E-state index in [0.717, 1.165) is 6.42 Å². The monoisotopic (exact) mass is 197 g/mol. The summed E-state index contributed by atoms with van der Waals surface area (Å²) in [5.74, 6) is 0.266. The van der Waals surface area contributed by atoms with Gasteiger partial charge < -0.3 is 10.5 Å². The Balaban J connectivity index is 2.78. The van der Waals surface area contributed by atoms with Gasteiger partial charge in [0, 0.05) is 17.7 Å². The van der Waals surface area contributed by atoms with Crippen molar-refractivity contribution in [3.05, 3.63) is 29.6 Å². The number of hydrogen-bond acceptors (Lipinski definition) is 2. The minimum absolute atomic E-state index is 0.282. The number of ether oxygens (including phenoxy) is 1. The molecule has 0 aliphatic rings. The Labute approximate surface area is 83.9 Å². The summed E-state index contributed by atoms with van der Waals surface area (Å²) in [6, 6.07) is 4.52. The summed E-state index contributed by atoms with van der Waals surface area (Å²) < 4.78 is 18.7. The van der Waals surface area contributed by atoms with Crippen molar-refractivity contribution in [1.29, 1.82) is 0 Å². The molecular weight excluding hydrogens is 181 g/mol. The van der Waals surface area contributed by atoms with Gasteiger partial charge in [0.25, 0.3) is 0 Å². The van der Waals surface area contributed by atoms with E-state index >= 15 is 0 Å². The Bertz CT molecular complexity index is 299. The van der Waals surface area contributed by atoms with Crippen LogP contribution in [-0.4, -0.2) is 6.61 Å². The van der Waals surface area contributed by atoms with Crippen molar-refractivity contribution in [1.82, 2.24) is 0 Å². The number of rotatable bonds is 4. The molecule has 0 bridgehead atoms. The Morgan fingerprint density at radius 3 is 2.71 bits per heavy atom. The molecule has 0 heterocycles. The van der Waals surface area contributed by atoms with Crippen LogP contribution in [-0.2, 0) is 0 Å². The largest absolute Gasteiger partial charge is 0.494 e. The van der Waals surface area contributed by atoms with Gasteiger partial charge in [0.15, 0.2) is 0 Å². The third-order valence-electron chi connectivity index (χ3n) is 1.94. The van der Waals surface area contributed by atoms with Crippen LogP contribution < -0.4 is 10.5 Å². The molecule has 78 valence electrons. The highest BCUT2D eigenvalue weighted by atomic mass is 19.1. The predicted molar refractivity (Wildman–Crippen MR) is 54.8 cm³/mol. The summed E-state index contributed by atoms with van der Waals surface area (Å²) in [6.07, 6.45) is 0.913. The maximum absolute atomic E-state index is 13.4. The molecule has 0 aliphatic heterocycles. The third kappa shape index (κ3) is 2.70. The highest BCUT2D eigenvalue weighted by molar-refractivity contribution is 5.30. The normalized spacial score (nSPS) is 12.6. The van der Waals surface area contributed by atoms with Gasteiger partial charge in [0.05, 0.1) is 6.61 Å². The predicted octanol–water partition coefficient (Wildman–Crippen LogP) is 2.63. The third-order valence-corrected chi connectivity index (χ3v) is 1.94. The van der Waals surface area contributed by atoms with E-state index in [9.17, 15) is 4.39 Å². The van der Waals surface area contributed by atoms with E-state index in [-0.39, 0.29) is 11.9 Å². The second-order valence-corrected chi connectivity index (χ2v) is 3.32. The second-order valence-electron chi connectivity index (χ2n) is 3.32. The summed E-state index contributed by atoms with van der Waals surface area (Å²) in [7, 11) is 0. The zero-order valence-electron chi connectivity index (χ0n) is 8.59. The van der Waals surface area contributed by atoms with E-state index in [1.807, 2.05) is 6.92 Å². The molecule has 14 heavy (non-hydrogen) atoms. The quantitative estimate of drug-likeness (QED) is 0.805. The second kappa shape index (κ2) is 4.96. The van der Waals surface area contributed by atoms with Crippen LogP contribution in [0.1, 0.15) is 31.9 Å². The molecule has 1 atom stereocenters. The van der Waals surface area contributed by atoms with Crippen LogP contribution in [0.5, 0.6) is 5.75 Å². The van der Waals surface area contributed by atoms with Crippen molar-refractivity contribution in [2.75, 3.05) is 6.61 Å². The summed E-state index contributed by atoms with van der Waals surface area (Å²) >= 11 is 0. The molecule has 2 nitrogen and oxygen atoms in total. The van der Waals surface area contributed by atoms with Gasteiger partial charge in [-0.2, -0.15) is 0 Å². The number of benzene rings is 1. The summed E-state index contributed by atoms with van der Waals surface area (Å²) in [6.45, 7) is 4.37. The lowest BCUT2D eigenvalue weighted by atomic mass is 10.1. The van der Waals surface area contributed by atoms with Crippen LogP contribution >= 0.6 is 0 Å². The van der Waals surface area contributed by atoms with Crippen molar-refractivity contribution in [3.8, 4) is 5.75 Å². The topological polar surface area (TPSA) is 35.2 Å². The number of halogens is 1. The fraction of sp³-hybridized carbons (Fsp3) is 0.455. The van der Waals surface area contributed by atoms with Crippen LogP contribution in [0, 0.1) is 5.82 Å². The van der Waals surface area contributed by atoms with Gasteiger partial charge in [-0.05, 0) is 19.4 Å². The Hall–Kier alpha value is -1.09. The van der Waals surface area contributed by atoms with Crippen LogP contribution in [0.2, 0.25) is 0 Å². The first-order valence-electron chi connectivity index (χ1n) is 4.83. The molecule has 0 aromatic heterocycles. The smallest absolute Gasteiger partial charge is 0.131 e. The maximum atomic E-state index is 13.4. The first-order chi connectivity index (χ1) is 6.65. The molecule has 2 N–H and O–H groups in total. The lowest BCUT2D eigenvalue weighted by molar-refractivity contribution is 0.315. The fourth-order valence-electron chi connectivity index (χ4n) is 1.19. The molecule has 0 radical (unpaired) electrons. The molecule has 3 heteroatoms. The Morgan fingerprint density at radius 1 is 1.50 bits per heavy atom. The van der Waals surface area contributed by atoms with E-state index in [1.165, 1.54) is 6.07 Å². The van der Waals surface area contributed by atoms with Crippen molar-refractivity contribution >= 4 is 0 Å². The van der Waals surface area contributed by atoms with Gasteiger partial charge in [0.2, 0.25) is 0 Å². The molecule has 0 fully saturated rings. The highest BCUT2D eigenvalue weighted by Crippen LogP contribution is 2.20. The van der Waals surface area contributed by atoms with Crippen molar-refractivity contribution in [2.45, 2.75) is 26.3 Å². The van der Waals surface area contributed by atoms with Crippen molar-refractivity contribution in [3.63, 3.8) is 0 Å². The van der Waals surface area contributed by atoms with Crippen LogP contribution in [0.25, 0.3) is 0 Å². The zero-order valence-corrected chi connectivity index (χ0v) is 8.59. The number of nitrogens with two attached hydrogens (primary N) is 1. The lowest BCUT2D eigenvalue weighted by Gasteiger charge is -2.09. The Kier molecular flexibility index (Phi) is 3.89. The zero-order chi connectivity index (χ0) is 10.6. The molecular formula is C11H16FNO. The standard InChI is InChI=1S/C11H16FNO/c1-3-6-14-9-4-5-10(8(2)13)11(12)7-9/h4-5,7-8H,3,6,13H2,1-2H3/t8-/m0/s1. The minimum atomic E-state index is -0.298. The van der Waals surface area contributed by atoms with Gasteiger partial charge in [-0.3, -0.25) is 0 Å². The van der Waals surface area contributed by atoms with Crippen LogP contribution in [0.3, 0.4) is 0 Å². The minimum Gasteiger partial charge on any atom is -0.494 e. The van der Waals surface area contributed by atoms with Gasteiger partial charge >= 0.3 is 0 Å². The lowest BCUT2D eigenvalue weighted by Crippen LogP contribution is -2.07. The van der Waals surface area contributed by atoms with E-state index in [0.29, 0.717) is 17.9 Å². The van der Waals surface area contributed by atoms with Crippen LogP contribution in [0.15, 0.2) is 18.2 Å². The van der Waals surface area contributed by atoms with Gasteiger partial charge in [-0.15, -0.1) is 0 Å². The molecule has 0 aliphatic carbocycles. The number of hydrogen-bond donors (Lipinski definition) is 1. The van der Waals surface area contributed by atoms with E-state index in [4.69, 9.17) is 10.5 Å². The average molecular weight is 197 g/mol. The molecule has 0 saturated carbocycles. The molecule has 0 saturated heterocycles. The first-order valence-corrected chi connectivity index (χ1v) is 4.83.